The maximum Gasteiger partial charge on any atom is 0.336 e. The molecule has 0 atom stereocenters. The molecule has 0 bridgehead atoms. The Kier molecular flexibility index (Phi) is 34.1. The Morgan fingerprint density at radius 1 is 0.316 bits per heavy atom. The predicted octanol–water partition coefficient (Wildman–Crippen LogP) is 12.8. The van der Waals surface area contributed by atoms with Crippen molar-refractivity contribution in [1.82, 2.24) is 0 Å². The summed E-state index contributed by atoms with van der Waals surface area (Å²) in [6.07, 6.45) is 23.0. The van der Waals surface area contributed by atoms with Gasteiger partial charge in [-0.3, -0.25) is 0 Å². The maximum absolute atomic E-state index is 13.2. The molecule has 0 saturated carbocycles. The molecule has 0 aliphatic carbocycles. The molecular weight excluding hydrogens is 977 g/mol. The van der Waals surface area contributed by atoms with Gasteiger partial charge in [0.2, 0.25) is 11.5 Å². The monoisotopic (exact) mass is 1050 g/mol. The molecule has 0 N–H and O–H groups in total. The van der Waals surface area contributed by atoms with Crippen LogP contribution in [-0.4, -0.2) is 91.2 Å². The van der Waals surface area contributed by atoms with Gasteiger partial charge in [0.15, 0.2) is 23.0 Å². The molecule has 0 aliphatic heterocycles. The van der Waals surface area contributed by atoms with Crippen molar-refractivity contribution < 1.29 is 75.9 Å². The minimum Gasteiger partial charge on any atom is -0.502 e. The van der Waals surface area contributed by atoms with E-state index in [0.29, 0.717) is 151 Å². The summed E-state index contributed by atoms with van der Waals surface area (Å²) in [5.74, 6) is 1.78. The molecule has 414 valence electrons. The Balaban J connectivity index is 1.79. The number of carbonyl (C=O) groups excluding carboxylic acids is 2. The molecule has 0 spiro atoms. The summed E-state index contributed by atoms with van der Waals surface area (Å²) in [5.41, 5.74) is 1.14. The molecule has 3 rings (SSSR count). The van der Waals surface area contributed by atoms with E-state index in [2.05, 4.69) is 39.5 Å². The largest absolute Gasteiger partial charge is 0.502 e. The number of ether oxygens (including phenoxy) is 14. The fraction of sp³-hybridized carbons (Fsp3) is 0.400. The van der Waals surface area contributed by atoms with Crippen molar-refractivity contribution in [2.24, 2.45) is 0 Å². The standard InChI is InChI=1S/C60H78O16/c1-7-63-37-13-19-43-69-53-33-25-49(57(71-45-21-15-39-65-9-3)59(53)73-47-23-17-41-67-11-5)27-35-55(61)75-51-29-31-52(32-30-51)76-56(62)36-28-50-26-34-54(70-44-20-14-38-64-8-2)60(74-48-24-18-42-68-12-6)58(50)72-46-22-16-40-66-10-4/h7-12,25-36H,1-6,13-24,37-48H2. The van der Waals surface area contributed by atoms with Crippen molar-refractivity contribution >= 4 is 24.1 Å². The molecule has 0 amide bonds. The summed E-state index contributed by atoms with van der Waals surface area (Å²) in [6, 6.07) is 13.2. The zero-order chi connectivity index (χ0) is 54.5. The number of esters is 2. The van der Waals surface area contributed by atoms with Crippen molar-refractivity contribution in [1.29, 1.82) is 0 Å². The van der Waals surface area contributed by atoms with E-state index in [4.69, 9.17) is 66.3 Å². The second-order valence-electron chi connectivity index (χ2n) is 16.2. The summed E-state index contributed by atoms with van der Waals surface area (Å²) in [5, 5.41) is 0. The fourth-order valence-corrected chi connectivity index (χ4v) is 6.66. The minimum atomic E-state index is -0.658. The molecule has 16 heteroatoms. The predicted molar refractivity (Wildman–Crippen MR) is 294 cm³/mol. The van der Waals surface area contributed by atoms with Crippen molar-refractivity contribution in [2.75, 3.05) is 79.3 Å². The third-order valence-electron chi connectivity index (χ3n) is 10.4. The highest BCUT2D eigenvalue weighted by atomic mass is 16.6. The van der Waals surface area contributed by atoms with E-state index in [9.17, 15) is 9.59 Å². The molecule has 76 heavy (non-hydrogen) atoms. The molecule has 0 saturated heterocycles. The van der Waals surface area contributed by atoms with Gasteiger partial charge in [-0.05, 0) is 138 Å². The van der Waals surface area contributed by atoms with Crippen molar-refractivity contribution in [2.45, 2.75) is 77.0 Å². The van der Waals surface area contributed by atoms with Crippen molar-refractivity contribution in [3.63, 3.8) is 0 Å². The lowest BCUT2D eigenvalue weighted by Gasteiger charge is -2.19. The first kappa shape index (κ1) is 62.4. The normalized spacial score (nSPS) is 10.6. The highest BCUT2D eigenvalue weighted by Gasteiger charge is 2.20. The summed E-state index contributed by atoms with van der Waals surface area (Å²) >= 11 is 0. The molecule has 0 fully saturated rings. The first-order valence-corrected chi connectivity index (χ1v) is 25.7. The quantitative estimate of drug-likeness (QED) is 0.0172. The van der Waals surface area contributed by atoms with Crippen LogP contribution in [0.2, 0.25) is 0 Å². The molecule has 0 radical (unpaired) electrons. The van der Waals surface area contributed by atoms with Crippen LogP contribution in [0.25, 0.3) is 12.2 Å². The highest BCUT2D eigenvalue weighted by molar-refractivity contribution is 5.90. The lowest BCUT2D eigenvalue weighted by atomic mass is 10.1. The molecule has 3 aromatic rings. The maximum atomic E-state index is 13.2. The van der Waals surface area contributed by atoms with Crippen LogP contribution in [0.5, 0.6) is 46.0 Å². The third kappa shape index (κ3) is 26.9. The van der Waals surface area contributed by atoms with Crippen LogP contribution < -0.4 is 37.9 Å². The second-order valence-corrected chi connectivity index (χ2v) is 16.2. The van der Waals surface area contributed by atoms with Gasteiger partial charge in [-0.1, -0.05) is 39.5 Å². The van der Waals surface area contributed by atoms with Crippen molar-refractivity contribution in [3.8, 4) is 46.0 Å². The lowest BCUT2D eigenvalue weighted by Crippen LogP contribution is -2.08. The molecule has 16 nitrogen and oxygen atoms in total. The number of unbranched alkanes of at least 4 members (excludes halogenated alkanes) is 6. The zero-order valence-corrected chi connectivity index (χ0v) is 44.1. The molecule has 0 aliphatic rings. The summed E-state index contributed by atoms with van der Waals surface area (Å²) in [7, 11) is 0. The summed E-state index contributed by atoms with van der Waals surface area (Å²) in [6.45, 7) is 26.9. The van der Waals surface area contributed by atoms with Gasteiger partial charge in [-0.15, -0.1) is 0 Å². The van der Waals surface area contributed by atoms with Gasteiger partial charge in [0.1, 0.15) is 11.5 Å². The number of rotatable bonds is 48. The van der Waals surface area contributed by atoms with Gasteiger partial charge in [0.25, 0.3) is 0 Å². The minimum absolute atomic E-state index is 0.223. The highest BCUT2D eigenvalue weighted by Crippen LogP contribution is 2.43. The Hall–Kier alpha value is -7.88. The number of hydrogen-bond acceptors (Lipinski definition) is 16. The Morgan fingerprint density at radius 3 is 0.842 bits per heavy atom. The molecule has 0 aromatic heterocycles. The van der Waals surface area contributed by atoms with Crippen molar-refractivity contribution in [3.05, 3.63) is 149 Å². The first-order valence-electron chi connectivity index (χ1n) is 25.7. The van der Waals surface area contributed by atoms with Gasteiger partial charge < -0.3 is 66.3 Å². The average molecular weight is 1060 g/mol. The number of benzene rings is 3. The topological polar surface area (TPSA) is 163 Å². The van der Waals surface area contributed by atoms with E-state index >= 15 is 0 Å². The number of carbonyl (C=O) groups is 2. The molecule has 0 unspecified atom stereocenters. The van der Waals surface area contributed by atoms with Gasteiger partial charge in [-0.2, -0.15) is 0 Å². The van der Waals surface area contributed by atoms with Gasteiger partial charge >= 0.3 is 11.9 Å². The van der Waals surface area contributed by atoms with Gasteiger partial charge in [-0.25, -0.2) is 9.59 Å². The van der Waals surface area contributed by atoms with Crippen LogP contribution in [0.15, 0.2) is 138 Å². The van der Waals surface area contributed by atoms with E-state index in [1.165, 1.54) is 74.0 Å². The Labute approximate surface area is 449 Å². The van der Waals surface area contributed by atoms with Crippen LogP contribution in [-0.2, 0) is 38.0 Å². The molecule has 3 aromatic carbocycles. The smallest absolute Gasteiger partial charge is 0.336 e. The van der Waals surface area contributed by atoms with Gasteiger partial charge in [0, 0.05) is 23.3 Å². The lowest BCUT2D eigenvalue weighted by molar-refractivity contribution is -0.130. The van der Waals surface area contributed by atoms with Crippen LogP contribution >= 0.6 is 0 Å². The number of hydrogen-bond donors (Lipinski definition) is 0. The summed E-state index contributed by atoms with van der Waals surface area (Å²) < 4.78 is 80.5. The van der Waals surface area contributed by atoms with Gasteiger partial charge in [0.05, 0.1) is 117 Å². The summed E-state index contributed by atoms with van der Waals surface area (Å²) in [4.78, 5) is 26.5. The SMILES string of the molecule is C=COCCCCOc1ccc(C=CC(=O)Oc2ccc(OC(=O)C=Cc3ccc(OCCCCOC=C)c(OCCCCOC=C)c3OCCCCOC=C)cc2)c(OCCCCOC=C)c1OCCCCOC=C. The third-order valence-corrected chi connectivity index (χ3v) is 10.4. The molecule has 0 heterocycles. The van der Waals surface area contributed by atoms with Crippen LogP contribution in [0.4, 0.5) is 0 Å². The first-order chi connectivity index (χ1) is 37.4. The zero-order valence-electron chi connectivity index (χ0n) is 44.1. The van der Waals surface area contributed by atoms with E-state index in [1.807, 2.05) is 0 Å². The Bertz CT molecular complexity index is 2060. The average Bonchev–Trinajstić information content (AvgIpc) is 3.43. The van der Waals surface area contributed by atoms with Crippen LogP contribution in [0.3, 0.4) is 0 Å². The van der Waals surface area contributed by atoms with E-state index in [0.717, 1.165) is 51.4 Å². The van der Waals surface area contributed by atoms with Crippen LogP contribution in [0.1, 0.15) is 88.2 Å². The van der Waals surface area contributed by atoms with E-state index in [1.54, 1.807) is 36.4 Å². The molecular formula is C60H78O16. The van der Waals surface area contributed by atoms with Crippen LogP contribution in [0, 0.1) is 0 Å². The second kappa shape index (κ2) is 41.5. The van der Waals surface area contributed by atoms with E-state index in [-0.39, 0.29) is 11.5 Å². The Morgan fingerprint density at radius 2 is 0.566 bits per heavy atom. The van der Waals surface area contributed by atoms with E-state index < -0.39 is 11.9 Å². The fourth-order valence-electron chi connectivity index (χ4n) is 6.66.